The fourth-order valence-electron chi connectivity index (χ4n) is 2.69. The van der Waals surface area contributed by atoms with Gasteiger partial charge in [-0.2, -0.15) is 5.10 Å². The zero-order valence-corrected chi connectivity index (χ0v) is 12.6. The Morgan fingerprint density at radius 1 is 1.68 bits per heavy atom. The quantitative estimate of drug-likeness (QED) is 0.685. The Labute approximate surface area is 122 Å². The van der Waals surface area contributed by atoms with Gasteiger partial charge in [-0.25, -0.2) is 0 Å². The van der Waals surface area contributed by atoms with E-state index in [2.05, 4.69) is 29.1 Å². The van der Waals surface area contributed by atoms with Crippen LogP contribution in [0.4, 0.5) is 0 Å². The first-order valence-electron chi connectivity index (χ1n) is 6.56. The van der Waals surface area contributed by atoms with E-state index in [1.807, 2.05) is 22.0 Å². The number of aromatic nitrogens is 3. The minimum Gasteiger partial charge on any atom is -0.296 e. The van der Waals surface area contributed by atoms with Crippen LogP contribution in [0, 0.1) is 10.7 Å². The average Bonchev–Trinajstić information content (AvgIpc) is 2.94. The topological polar surface area (TPSA) is 33.6 Å². The van der Waals surface area contributed by atoms with Gasteiger partial charge in [0.2, 0.25) is 0 Å². The summed E-state index contributed by atoms with van der Waals surface area (Å²) in [6, 6.07) is 0. The number of aromatic amines is 1. The molecule has 0 amide bonds. The summed E-state index contributed by atoms with van der Waals surface area (Å²) < 4.78 is 2.68. The first-order valence-corrected chi connectivity index (χ1v) is 7.85. The number of nitrogens with zero attached hydrogens (tertiary/aromatic N) is 2. The Morgan fingerprint density at radius 3 is 3.32 bits per heavy atom. The highest BCUT2D eigenvalue weighted by atomic mass is 32.1. The SMILES string of the molecule is C=CCn1c(-c2csc3c2CC[C@@H](C)C3)n[nH]c1=S. The molecule has 0 radical (unpaired) electrons. The fourth-order valence-corrected chi connectivity index (χ4v) is 4.14. The van der Waals surface area contributed by atoms with Crippen LogP contribution in [0.25, 0.3) is 11.4 Å². The number of thiophene rings is 1. The van der Waals surface area contributed by atoms with E-state index in [0.29, 0.717) is 11.3 Å². The smallest absolute Gasteiger partial charge is 0.195 e. The second kappa shape index (κ2) is 5.06. The van der Waals surface area contributed by atoms with Crippen molar-refractivity contribution >= 4 is 23.6 Å². The molecule has 0 bridgehead atoms. The van der Waals surface area contributed by atoms with Crippen molar-refractivity contribution in [2.45, 2.75) is 32.7 Å². The second-order valence-electron chi connectivity index (χ2n) is 5.15. The van der Waals surface area contributed by atoms with Gasteiger partial charge in [-0.05, 0) is 43.0 Å². The summed E-state index contributed by atoms with van der Waals surface area (Å²) in [6.07, 6.45) is 5.48. The highest BCUT2D eigenvalue weighted by Crippen LogP contribution is 2.37. The molecule has 0 saturated carbocycles. The Kier molecular flexibility index (Phi) is 3.41. The highest BCUT2D eigenvalue weighted by molar-refractivity contribution is 7.71. The molecule has 0 aliphatic heterocycles. The molecular weight excluding hydrogens is 274 g/mol. The lowest BCUT2D eigenvalue weighted by atomic mass is 9.88. The molecule has 0 unspecified atom stereocenters. The van der Waals surface area contributed by atoms with Gasteiger partial charge in [0.05, 0.1) is 0 Å². The van der Waals surface area contributed by atoms with Gasteiger partial charge in [-0.3, -0.25) is 9.67 Å². The molecule has 1 aliphatic carbocycles. The molecule has 1 N–H and O–H groups in total. The predicted octanol–water partition coefficient (Wildman–Crippen LogP) is 3.98. The fraction of sp³-hybridized carbons (Fsp3) is 0.429. The normalized spacial score (nSPS) is 18.3. The van der Waals surface area contributed by atoms with E-state index in [4.69, 9.17) is 12.2 Å². The largest absolute Gasteiger partial charge is 0.296 e. The summed E-state index contributed by atoms with van der Waals surface area (Å²) in [7, 11) is 0. The Hall–Kier alpha value is -1.20. The molecule has 19 heavy (non-hydrogen) atoms. The van der Waals surface area contributed by atoms with E-state index in [-0.39, 0.29) is 0 Å². The van der Waals surface area contributed by atoms with Gasteiger partial charge >= 0.3 is 0 Å². The highest BCUT2D eigenvalue weighted by Gasteiger charge is 2.22. The summed E-state index contributed by atoms with van der Waals surface area (Å²) in [6.45, 7) is 6.82. The molecule has 1 aliphatic rings. The third-order valence-electron chi connectivity index (χ3n) is 3.71. The molecule has 0 aromatic carbocycles. The first-order chi connectivity index (χ1) is 9.20. The third kappa shape index (κ3) is 2.21. The molecule has 3 rings (SSSR count). The van der Waals surface area contributed by atoms with Gasteiger partial charge in [0.15, 0.2) is 10.6 Å². The summed E-state index contributed by atoms with van der Waals surface area (Å²) >= 11 is 7.15. The number of rotatable bonds is 3. The first kappa shape index (κ1) is 12.8. The third-order valence-corrected chi connectivity index (χ3v) is 5.08. The van der Waals surface area contributed by atoms with Gasteiger partial charge < -0.3 is 0 Å². The van der Waals surface area contributed by atoms with Crippen LogP contribution in [0.3, 0.4) is 0 Å². The molecule has 5 heteroatoms. The molecule has 0 fully saturated rings. The van der Waals surface area contributed by atoms with Crippen molar-refractivity contribution in [1.82, 2.24) is 14.8 Å². The maximum Gasteiger partial charge on any atom is 0.195 e. The van der Waals surface area contributed by atoms with Crippen molar-refractivity contribution < 1.29 is 0 Å². The van der Waals surface area contributed by atoms with Crippen LogP contribution in [0.2, 0.25) is 0 Å². The van der Waals surface area contributed by atoms with Gasteiger partial charge in [-0.15, -0.1) is 17.9 Å². The molecule has 2 aromatic rings. The minimum atomic E-state index is 0.666. The lowest BCUT2D eigenvalue weighted by molar-refractivity contribution is 0.508. The van der Waals surface area contributed by atoms with E-state index in [9.17, 15) is 0 Å². The molecule has 0 spiro atoms. The molecule has 2 aromatic heterocycles. The standard InChI is InChI=1S/C14H17N3S2/c1-3-6-17-13(15-16-14(17)18)11-8-19-12-7-9(2)4-5-10(11)12/h3,8-9H,1,4-7H2,2H3,(H,16,18)/t9-/m1/s1. The summed E-state index contributed by atoms with van der Waals surface area (Å²) in [5, 5.41) is 9.54. The number of hydrogen-bond acceptors (Lipinski definition) is 3. The van der Waals surface area contributed by atoms with Crippen LogP contribution >= 0.6 is 23.6 Å². The Bertz CT molecular complexity index is 663. The van der Waals surface area contributed by atoms with Crippen molar-refractivity contribution in [3.8, 4) is 11.4 Å². The van der Waals surface area contributed by atoms with Crippen LogP contribution in [0.15, 0.2) is 18.0 Å². The zero-order valence-electron chi connectivity index (χ0n) is 11.0. The van der Waals surface area contributed by atoms with Crippen LogP contribution in [-0.4, -0.2) is 14.8 Å². The maximum absolute atomic E-state index is 5.29. The minimum absolute atomic E-state index is 0.666. The van der Waals surface area contributed by atoms with E-state index in [0.717, 1.165) is 18.2 Å². The van der Waals surface area contributed by atoms with Gasteiger partial charge in [0.1, 0.15) is 0 Å². The van der Waals surface area contributed by atoms with Gasteiger partial charge in [0, 0.05) is 22.4 Å². The molecule has 3 nitrogen and oxygen atoms in total. The van der Waals surface area contributed by atoms with Crippen molar-refractivity contribution in [2.24, 2.45) is 5.92 Å². The van der Waals surface area contributed by atoms with E-state index < -0.39 is 0 Å². The molecule has 0 saturated heterocycles. The monoisotopic (exact) mass is 291 g/mol. The Balaban J connectivity index is 2.08. The van der Waals surface area contributed by atoms with Gasteiger partial charge in [-0.1, -0.05) is 13.0 Å². The number of H-pyrrole nitrogens is 1. The van der Waals surface area contributed by atoms with Crippen molar-refractivity contribution in [3.05, 3.63) is 33.2 Å². The van der Waals surface area contributed by atoms with Crippen molar-refractivity contribution in [3.63, 3.8) is 0 Å². The number of nitrogens with one attached hydrogen (secondary N) is 1. The van der Waals surface area contributed by atoms with Crippen LogP contribution < -0.4 is 0 Å². The van der Waals surface area contributed by atoms with Crippen LogP contribution in [0.1, 0.15) is 23.8 Å². The van der Waals surface area contributed by atoms with Crippen LogP contribution in [-0.2, 0) is 19.4 Å². The van der Waals surface area contributed by atoms with E-state index in [1.165, 1.54) is 28.8 Å². The zero-order chi connectivity index (χ0) is 13.4. The lowest BCUT2D eigenvalue weighted by Gasteiger charge is -2.18. The number of allylic oxidation sites excluding steroid dienone is 1. The Morgan fingerprint density at radius 2 is 2.53 bits per heavy atom. The number of fused-ring (bicyclic) bond motifs is 1. The van der Waals surface area contributed by atoms with Crippen molar-refractivity contribution in [1.29, 1.82) is 0 Å². The number of hydrogen-bond donors (Lipinski definition) is 1. The summed E-state index contributed by atoms with van der Waals surface area (Å²) in [4.78, 5) is 1.52. The van der Waals surface area contributed by atoms with Crippen LogP contribution in [0.5, 0.6) is 0 Å². The van der Waals surface area contributed by atoms with E-state index in [1.54, 1.807) is 0 Å². The second-order valence-corrected chi connectivity index (χ2v) is 6.50. The molecule has 2 heterocycles. The predicted molar refractivity (Wildman–Crippen MR) is 82.1 cm³/mol. The maximum atomic E-state index is 5.29. The molecule has 1 atom stereocenters. The molecular formula is C14H17N3S2. The summed E-state index contributed by atoms with van der Waals surface area (Å²) in [5.74, 6) is 1.75. The van der Waals surface area contributed by atoms with Crippen molar-refractivity contribution in [2.75, 3.05) is 0 Å². The lowest BCUT2D eigenvalue weighted by Crippen LogP contribution is -2.10. The van der Waals surface area contributed by atoms with Gasteiger partial charge in [0.25, 0.3) is 0 Å². The average molecular weight is 291 g/mol. The summed E-state index contributed by atoms with van der Waals surface area (Å²) in [5.41, 5.74) is 2.73. The molecule has 100 valence electrons. The van der Waals surface area contributed by atoms with E-state index >= 15 is 0 Å².